The zero-order chi connectivity index (χ0) is 36.7. The van der Waals surface area contributed by atoms with E-state index in [0.717, 1.165) is 17.1 Å². The van der Waals surface area contributed by atoms with Gasteiger partial charge in [0.15, 0.2) is 0 Å². The number of thiophene rings is 1. The van der Waals surface area contributed by atoms with E-state index in [-0.39, 0.29) is 5.41 Å². The molecule has 0 unspecified atom stereocenters. The predicted octanol–water partition coefficient (Wildman–Crippen LogP) is 15.5. The third-order valence-corrected chi connectivity index (χ3v) is 13.1. The van der Waals surface area contributed by atoms with Crippen LogP contribution in [-0.4, -0.2) is 0 Å². The highest BCUT2D eigenvalue weighted by Gasteiger charge is 2.35. The number of hydrogen-bond donors (Lipinski definition) is 0. The van der Waals surface area contributed by atoms with Crippen molar-refractivity contribution in [3.05, 3.63) is 199 Å². The highest BCUT2D eigenvalue weighted by Crippen LogP contribution is 2.51. The molecular weight excluding hydrogens is 683 g/mol. The molecule has 0 aliphatic heterocycles. The maximum Gasteiger partial charge on any atom is 0.0465 e. The lowest BCUT2D eigenvalue weighted by atomic mass is 9.82. The van der Waals surface area contributed by atoms with Gasteiger partial charge in [-0.1, -0.05) is 147 Å². The molecule has 1 aliphatic rings. The van der Waals surface area contributed by atoms with Crippen LogP contribution in [0.5, 0.6) is 0 Å². The Hall–Kier alpha value is -6.48. The number of nitrogens with zero attached hydrogens (tertiary/aromatic N) is 1. The van der Waals surface area contributed by atoms with E-state index in [1.54, 1.807) is 0 Å². The molecule has 0 fully saturated rings. The maximum absolute atomic E-state index is 2.42. The average molecular weight is 720 g/mol. The van der Waals surface area contributed by atoms with Crippen molar-refractivity contribution in [3.8, 4) is 33.4 Å². The summed E-state index contributed by atoms with van der Waals surface area (Å²) in [6.07, 6.45) is 0. The average Bonchev–Trinajstić information content (AvgIpc) is 3.73. The van der Waals surface area contributed by atoms with Crippen molar-refractivity contribution in [3.63, 3.8) is 0 Å². The summed E-state index contributed by atoms with van der Waals surface area (Å²) in [5.41, 5.74) is 13.6. The summed E-state index contributed by atoms with van der Waals surface area (Å²) in [4.78, 5) is 2.41. The van der Waals surface area contributed by atoms with Crippen LogP contribution in [-0.2, 0) is 5.41 Å². The smallest absolute Gasteiger partial charge is 0.0465 e. The summed E-state index contributed by atoms with van der Waals surface area (Å²) >= 11 is 1.89. The fourth-order valence-corrected chi connectivity index (χ4v) is 10.2. The Balaban J connectivity index is 0.991. The number of hydrogen-bond acceptors (Lipinski definition) is 2. The summed E-state index contributed by atoms with van der Waals surface area (Å²) in [7, 11) is 0. The zero-order valence-corrected chi connectivity index (χ0v) is 31.6. The van der Waals surface area contributed by atoms with Gasteiger partial charge in [0.25, 0.3) is 0 Å². The lowest BCUT2D eigenvalue weighted by molar-refractivity contribution is 0.660. The van der Waals surface area contributed by atoms with Gasteiger partial charge in [0, 0.05) is 42.6 Å². The van der Waals surface area contributed by atoms with Gasteiger partial charge < -0.3 is 4.90 Å². The van der Waals surface area contributed by atoms with Gasteiger partial charge in [-0.2, -0.15) is 0 Å². The molecule has 0 bridgehead atoms. The van der Waals surface area contributed by atoms with Crippen LogP contribution in [0.2, 0.25) is 0 Å². The molecule has 0 radical (unpaired) electrons. The summed E-state index contributed by atoms with van der Waals surface area (Å²) < 4.78 is 2.71. The van der Waals surface area contributed by atoms with E-state index in [0.29, 0.717) is 0 Å². The van der Waals surface area contributed by atoms with Crippen LogP contribution < -0.4 is 4.90 Å². The van der Waals surface area contributed by atoms with Gasteiger partial charge in [0.05, 0.1) is 0 Å². The maximum atomic E-state index is 2.42. The summed E-state index contributed by atoms with van der Waals surface area (Å²) in [6, 6.07) is 69.6. The van der Waals surface area contributed by atoms with Crippen LogP contribution in [0.15, 0.2) is 188 Å². The lowest BCUT2D eigenvalue weighted by Crippen LogP contribution is -2.16. The Morgan fingerprint density at radius 3 is 1.73 bits per heavy atom. The number of fused-ring (bicyclic) bond motifs is 9. The van der Waals surface area contributed by atoms with Gasteiger partial charge in [-0.15, -0.1) is 11.3 Å². The van der Waals surface area contributed by atoms with Crippen LogP contribution >= 0.6 is 11.3 Å². The third-order valence-electron chi connectivity index (χ3n) is 11.9. The van der Waals surface area contributed by atoms with Crippen molar-refractivity contribution < 1.29 is 0 Å². The predicted molar refractivity (Wildman–Crippen MR) is 237 cm³/mol. The molecule has 9 aromatic carbocycles. The fraction of sp³-hybridized carbons (Fsp3) is 0.0566. The van der Waals surface area contributed by atoms with Gasteiger partial charge in [0.1, 0.15) is 0 Å². The molecule has 10 aromatic rings. The second kappa shape index (κ2) is 12.3. The topological polar surface area (TPSA) is 3.24 Å². The standard InChI is InChI=1S/C53H37NS/c1-53(2)49-13-7-5-11-45(49)46-30-27-43(33-50(46)53)54(41-23-17-35(18-24-41)38-16-15-34-9-3-4-10-37(34)31-38)42-25-19-36(20-26-42)39-21-28-44-40(32-39)22-29-48-47-12-6-8-14-51(47)55-52(44)48/h3-33H,1-2H3. The van der Waals surface area contributed by atoms with Crippen molar-refractivity contribution in [2.45, 2.75) is 19.3 Å². The Bertz CT molecular complexity index is 3110. The molecule has 0 amide bonds. The highest BCUT2D eigenvalue weighted by molar-refractivity contribution is 7.26. The van der Waals surface area contributed by atoms with Crippen LogP contribution in [0, 0.1) is 0 Å². The highest BCUT2D eigenvalue weighted by atomic mass is 32.1. The molecule has 55 heavy (non-hydrogen) atoms. The first kappa shape index (κ1) is 32.0. The zero-order valence-electron chi connectivity index (χ0n) is 30.8. The largest absolute Gasteiger partial charge is 0.310 e. The lowest BCUT2D eigenvalue weighted by Gasteiger charge is -2.28. The molecular formula is C53H37NS. The van der Waals surface area contributed by atoms with Crippen LogP contribution in [0.25, 0.3) is 75.1 Å². The number of anilines is 3. The van der Waals surface area contributed by atoms with Crippen LogP contribution in [0.3, 0.4) is 0 Å². The summed E-state index contributed by atoms with van der Waals surface area (Å²) in [5.74, 6) is 0. The van der Waals surface area contributed by atoms with Gasteiger partial charge >= 0.3 is 0 Å². The van der Waals surface area contributed by atoms with Crippen molar-refractivity contribution in [1.29, 1.82) is 0 Å². The van der Waals surface area contributed by atoms with Crippen molar-refractivity contribution in [2.24, 2.45) is 0 Å². The molecule has 1 heterocycles. The van der Waals surface area contributed by atoms with Crippen molar-refractivity contribution >= 4 is 70.1 Å². The van der Waals surface area contributed by atoms with Crippen molar-refractivity contribution in [1.82, 2.24) is 0 Å². The molecule has 2 heteroatoms. The van der Waals surface area contributed by atoms with E-state index < -0.39 is 0 Å². The van der Waals surface area contributed by atoms with Crippen LogP contribution in [0.1, 0.15) is 25.0 Å². The SMILES string of the molecule is CC1(C)c2ccccc2-c2ccc(N(c3ccc(-c4ccc5ccccc5c4)cc3)c3ccc(-c4ccc5c(ccc6c7ccccc7sc56)c4)cc3)cc21. The van der Waals surface area contributed by atoms with E-state index in [1.165, 1.54) is 86.2 Å². The molecule has 0 saturated carbocycles. The van der Waals surface area contributed by atoms with E-state index in [9.17, 15) is 0 Å². The van der Waals surface area contributed by atoms with Gasteiger partial charge in [-0.05, 0) is 121 Å². The summed E-state index contributed by atoms with van der Waals surface area (Å²) in [6.45, 7) is 4.71. The molecule has 1 aromatic heterocycles. The normalized spacial score (nSPS) is 13.1. The minimum Gasteiger partial charge on any atom is -0.310 e. The second-order valence-electron chi connectivity index (χ2n) is 15.4. The fourth-order valence-electron chi connectivity index (χ4n) is 8.94. The quantitative estimate of drug-likeness (QED) is 0.171. The van der Waals surface area contributed by atoms with E-state index in [1.807, 2.05) is 11.3 Å². The number of benzene rings is 9. The van der Waals surface area contributed by atoms with E-state index in [2.05, 4.69) is 207 Å². The molecule has 0 spiro atoms. The monoisotopic (exact) mass is 719 g/mol. The molecule has 260 valence electrons. The first-order chi connectivity index (χ1) is 27.0. The first-order valence-electron chi connectivity index (χ1n) is 19.1. The Kier molecular flexibility index (Phi) is 7.14. The Morgan fingerprint density at radius 2 is 0.945 bits per heavy atom. The number of rotatable bonds is 5. The van der Waals surface area contributed by atoms with Gasteiger partial charge in [-0.3, -0.25) is 0 Å². The molecule has 1 nitrogen and oxygen atoms in total. The second-order valence-corrected chi connectivity index (χ2v) is 16.4. The minimum atomic E-state index is -0.0884. The van der Waals surface area contributed by atoms with Gasteiger partial charge in [0.2, 0.25) is 0 Å². The van der Waals surface area contributed by atoms with E-state index >= 15 is 0 Å². The molecule has 0 saturated heterocycles. The van der Waals surface area contributed by atoms with Crippen LogP contribution in [0.4, 0.5) is 17.1 Å². The molecule has 1 aliphatic carbocycles. The molecule has 11 rings (SSSR count). The third kappa shape index (κ3) is 5.13. The molecule has 0 N–H and O–H groups in total. The summed E-state index contributed by atoms with van der Waals surface area (Å²) in [5, 5.41) is 7.79. The minimum absolute atomic E-state index is 0.0884. The van der Waals surface area contributed by atoms with Gasteiger partial charge in [-0.25, -0.2) is 0 Å². The molecule has 0 atom stereocenters. The Morgan fingerprint density at radius 1 is 0.382 bits per heavy atom. The Labute approximate surface area is 325 Å². The first-order valence-corrected chi connectivity index (χ1v) is 19.9. The van der Waals surface area contributed by atoms with Crippen molar-refractivity contribution in [2.75, 3.05) is 4.90 Å². The van der Waals surface area contributed by atoms with E-state index in [4.69, 9.17) is 0 Å².